The van der Waals surface area contributed by atoms with Crippen LogP contribution in [0.15, 0.2) is 30.3 Å². The first kappa shape index (κ1) is 16.7. The average molecular weight is 299 g/mol. The van der Waals surface area contributed by atoms with Crippen molar-refractivity contribution >= 4 is 15.8 Å². The molecule has 1 aromatic carbocycles. The van der Waals surface area contributed by atoms with Crippen molar-refractivity contribution in [1.29, 1.82) is 0 Å². The predicted octanol–water partition coefficient (Wildman–Crippen LogP) is 0.968. The highest BCUT2D eigenvalue weighted by molar-refractivity contribution is 7.91. The number of benzene rings is 1. The highest BCUT2D eigenvalue weighted by Crippen LogP contribution is 2.16. The van der Waals surface area contributed by atoms with Crippen LogP contribution in [0, 0.1) is 0 Å². The van der Waals surface area contributed by atoms with E-state index in [1.54, 1.807) is 6.92 Å². The van der Waals surface area contributed by atoms with E-state index in [-0.39, 0.29) is 17.5 Å². The molecule has 112 valence electrons. The van der Waals surface area contributed by atoms with E-state index < -0.39 is 15.8 Å². The van der Waals surface area contributed by atoms with E-state index >= 15 is 0 Å². The van der Waals surface area contributed by atoms with Crippen molar-refractivity contribution in [3.05, 3.63) is 35.9 Å². The second-order valence-electron chi connectivity index (χ2n) is 4.43. The smallest absolute Gasteiger partial charge is 0.314 e. The zero-order valence-electron chi connectivity index (χ0n) is 11.8. The van der Waals surface area contributed by atoms with Gasteiger partial charge in [0, 0.05) is 18.8 Å². The summed E-state index contributed by atoms with van der Waals surface area (Å²) in [4.78, 5) is 11.8. The van der Waals surface area contributed by atoms with Crippen LogP contribution in [0.5, 0.6) is 0 Å². The highest BCUT2D eigenvalue weighted by Gasteiger charge is 2.20. The maximum atomic E-state index is 11.8. The van der Waals surface area contributed by atoms with Gasteiger partial charge in [0.2, 0.25) is 0 Å². The van der Waals surface area contributed by atoms with Gasteiger partial charge in [-0.3, -0.25) is 4.79 Å². The molecule has 0 aliphatic heterocycles. The third-order valence-electron chi connectivity index (χ3n) is 3.07. The molecule has 0 aliphatic carbocycles. The molecular formula is C14H21NO4S. The number of ether oxygens (including phenoxy) is 1. The molecular weight excluding hydrogens is 278 g/mol. The molecule has 0 radical (unpaired) electrons. The summed E-state index contributed by atoms with van der Waals surface area (Å²) < 4.78 is 27.5. The Morgan fingerprint density at radius 2 is 1.95 bits per heavy atom. The van der Waals surface area contributed by atoms with Gasteiger partial charge in [-0.15, -0.1) is 0 Å². The Morgan fingerprint density at radius 1 is 1.30 bits per heavy atom. The summed E-state index contributed by atoms with van der Waals surface area (Å²) in [5, 5.41) is 3.01. The Labute approximate surface area is 120 Å². The largest absolute Gasteiger partial charge is 0.469 e. The second-order valence-corrected chi connectivity index (χ2v) is 6.90. The van der Waals surface area contributed by atoms with Gasteiger partial charge in [0.05, 0.1) is 18.8 Å². The third kappa shape index (κ3) is 5.30. The minimum Gasteiger partial charge on any atom is -0.469 e. The molecule has 0 bridgehead atoms. The molecule has 0 saturated heterocycles. The topological polar surface area (TPSA) is 72.5 Å². The first-order valence-corrected chi connectivity index (χ1v) is 8.36. The molecule has 5 nitrogen and oxygen atoms in total. The summed E-state index contributed by atoms with van der Waals surface area (Å²) in [7, 11) is -1.64. The fourth-order valence-corrected chi connectivity index (χ4v) is 2.53. The first-order chi connectivity index (χ1) is 9.50. The number of hydrogen-bond donors (Lipinski definition) is 1. The Bertz CT molecular complexity index is 513. The average Bonchev–Trinajstić information content (AvgIpc) is 2.47. The molecule has 1 unspecified atom stereocenters. The number of sulfone groups is 1. The number of esters is 1. The molecule has 0 heterocycles. The number of rotatable bonds is 8. The summed E-state index contributed by atoms with van der Waals surface area (Å²) in [6.45, 7) is 2.31. The lowest BCUT2D eigenvalue weighted by Gasteiger charge is -2.15. The van der Waals surface area contributed by atoms with E-state index in [1.165, 1.54) is 7.11 Å². The van der Waals surface area contributed by atoms with Gasteiger partial charge in [0.25, 0.3) is 0 Å². The minimum absolute atomic E-state index is 0.0756. The number of nitrogens with one attached hydrogen (secondary N) is 1. The van der Waals surface area contributed by atoms with Crippen molar-refractivity contribution in [2.24, 2.45) is 0 Å². The zero-order chi connectivity index (χ0) is 15.0. The molecule has 1 rings (SSSR count). The maximum Gasteiger partial charge on any atom is 0.314 e. The van der Waals surface area contributed by atoms with E-state index in [1.807, 2.05) is 30.3 Å². The molecule has 0 fully saturated rings. The lowest BCUT2D eigenvalue weighted by Crippen LogP contribution is -2.31. The van der Waals surface area contributed by atoms with Crippen molar-refractivity contribution in [2.75, 3.05) is 31.7 Å². The van der Waals surface area contributed by atoms with E-state index in [2.05, 4.69) is 5.32 Å². The monoisotopic (exact) mass is 299 g/mol. The quantitative estimate of drug-likeness (QED) is 0.572. The van der Waals surface area contributed by atoms with Gasteiger partial charge < -0.3 is 10.1 Å². The Morgan fingerprint density at radius 3 is 2.50 bits per heavy atom. The van der Waals surface area contributed by atoms with Crippen molar-refractivity contribution in [3.8, 4) is 0 Å². The van der Waals surface area contributed by atoms with Gasteiger partial charge in [0.1, 0.15) is 0 Å². The fraction of sp³-hybridized carbons (Fsp3) is 0.500. The van der Waals surface area contributed by atoms with Crippen molar-refractivity contribution in [2.45, 2.75) is 12.8 Å². The first-order valence-electron chi connectivity index (χ1n) is 6.54. The predicted molar refractivity (Wildman–Crippen MR) is 78.4 cm³/mol. The van der Waals surface area contributed by atoms with E-state index in [9.17, 15) is 13.2 Å². The Kier molecular flexibility index (Phi) is 6.67. The number of methoxy groups -OCH3 is 1. The standard InChI is InChI=1S/C14H21NO4S/c1-3-20(17,18)10-9-15-11-13(14(16)19-2)12-7-5-4-6-8-12/h4-8,13,15H,3,9-11H2,1-2H3. The van der Waals surface area contributed by atoms with Gasteiger partial charge in [-0.2, -0.15) is 0 Å². The molecule has 0 amide bonds. The Hall–Kier alpha value is -1.40. The van der Waals surface area contributed by atoms with Crippen molar-refractivity contribution in [3.63, 3.8) is 0 Å². The minimum atomic E-state index is -2.99. The fourth-order valence-electron chi connectivity index (χ4n) is 1.78. The molecule has 1 aromatic rings. The molecule has 0 aromatic heterocycles. The molecule has 6 heteroatoms. The van der Waals surface area contributed by atoms with Crippen LogP contribution in [0.3, 0.4) is 0 Å². The van der Waals surface area contributed by atoms with Gasteiger partial charge in [-0.05, 0) is 5.56 Å². The lowest BCUT2D eigenvalue weighted by atomic mass is 9.99. The van der Waals surface area contributed by atoms with Crippen LogP contribution < -0.4 is 5.32 Å². The van der Waals surface area contributed by atoms with Crippen LogP contribution in [-0.2, 0) is 19.4 Å². The van der Waals surface area contributed by atoms with Crippen LogP contribution >= 0.6 is 0 Å². The van der Waals surface area contributed by atoms with E-state index in [0.29, 0.717) is 13.1 Å². The Balaban J connectivity index is 2.57. The van der Waals surface area contributed by atoms with Crippen molar-refractivity contribution < 1.29 is 17.9 Å². The molecule has 20 heavy (non-hydrogen) atoms. The van der Waals surface area contributed by atoms with E-state index in [0.717, 1.165) is 5.56 Å². The van der Waals surface area contributed by atoms with Crippen LogP contribution in [0.2, 0.25) is 0 Å². The summed E-state index contributed by atoms with van der Waals surface area (Å²) in [6, 6.07) is 9.29. The lowest BCUT2D eigenvalue weighted by molar-refractivity contribution is -0.142. The number of carbonyl (C=O) groups excluding carboxylic acids is 1. The summed E-state index contributed by atoms with van der Waals surface area (Å²) in [5.74, 6) is -0.549. The van der Waals surface area contributed by atoms with Gasteiger partial charge in [-0.25, -0.2) is 8.42 Å². The molecule has 1 N–H and O–H groups in total. The van der Waals surface area contributed by atoms with Crippen LogP contribution in [0.4, 0.5) is 0 Å². The van der Waals surface area contributed by atoms with Gasteiger partial charge in [0.15, 0.2) is 9.84 Å². The normalized spacial score (nSPS) is 12.9. The van der Waals surface area contributed by atoms with Crippen molar-refractivity contribution in [1.82, 2.24) is 5.32 Å². The SMILES string of the molecule is CCS(=O)(=O)CCNCC(C(=O)OC)c1ccccc1. The number of carbonyl (C=O) groups is 1. The molecule has 0 aliphatic rings. The third-order valence-corrected chi connectivity index (χ3v) is 4.77. The number of hydrogen-bond acceptors (Lipinski definition) is 5. The van der Waals surface area contributed by atoms with E-state index in [4.69, 9.17) is 4.74 Å². The van der Waals surface area contributed by atoms with Crippen LogP contribution in [-0.4, -0.2) is 46.1 Å². The van der Waals surface area contributed by atoms with Crippen LogP contribution in [0.25, 0.3) is 0 Å². The van der Waals surface area contributed by atoms with Crippen LogP contribution in [0.1, 0.15) is 18.4 Å². The summed E-state index contributed by atoms with van der Waals surface area (Å²) >= 11 is 0. The molecule has 0 spiro atoms. The maximum absolute atomic E-state index is 11.8. The summed E-state index contributed by atoms with van der Waals surface area (Å²) in [5.41, 5.74) is 0.852. The van der Waals surface area contributed by atoms with Gasteiger partial charge in [-0.1, -0.05) is 37.3 Å². The second kappa shape index (κ2) is 8.01. The molecule has 0 saturated carbocycles. The molecule has 1 atom stereocenters. The summed E-state index contributed by atoms with van der Waals surface area (Å²) in [6.07, 6.45) is 0. The highest BCUT2D eigenvalue weighted by atomic mass is 32.2. The van der Waals surface area contributed by atoms with Gasteiger partial charge >= 0.3 is 5.97 Å². The zero-order valence-corrected chi connectivity index (χ0v) is 12.7.